The van der Waals surface area contributed by atoms with Crippen molar-refractivity contribution < 1.29 is 14.5 Å². The summed E-state index contributed by atoms with van der Waals surface area (Å²) in [5, 5.41) is 11.3. The number of nitrogens with zero attached hydrogens (tertiary/aromatic N) is 2. The smallest absolute Gasteiger partial charge is 0.410 e. The molecule has 1 heterocycles. The summed E-state index contributed by atoms with van der Waals surface area (Å²) in [6.07, 6.45) is -0.493. The van der Waals surface area contributed by atoms with Crippen LogP contribution in [0.1, 0.15) is 32.3 Å². The van der Waals surface area contributed by atoms with E-state index in [1.165, 1.54) is 4.90 Å². The van der Waals surface area contributed by atoms with Gasteiger partial charge in [0.2, 0.25) is 6.04 Å². The first-order valence-corrected chi connectivity index (χ1v) is 6.94. The van der Waals surface area contributed by atoms with Crippen LogP contribution < -0.4 is 0 Å². The largest absolute Gasteiger partial charge is 0.444 e. The van der Waals surface area contributed by atoms with E-state index in [1.54, 1.807) is 20.8 Å². The van der Waals surface area contributed by atoms with Gasteiger partial charge in [0, 0.05) is 11.5 Å². The molecule has 2 rings (SSSR count). The minimum atomic E-state index is -0.792. The van der Waals surface area contributed by atoms with Crippen LogP contribution in [-0.2, 0) is 4.74 Å². The number of carbonyl (C=O) groups is 1. The number of carbonyl (C=O) groups excluding carboxylic acids is 1. The van der Waals surface area contributed by atoms with E-state index in [2.05, 4.69) is 0 Å². The molecule has 0 radical (unpaired) electrons. The Hall–Kier alpha value is -2.11. The Kier molecular flexibility index (Phi) is 4.16. The fourth-order valence-electron chi connectivity index (χ4n) is 2.50. The average molecular weight is 292 g/mol. The lowest BCUT2D eigenvalue weighted by atomic mass is 9.95. The van der Waals surface area contributed by atoms with Crippen LogP contribution in [-0.4, -0.2) is 40.6 Å². The lowest BCUT2D eigenvalue weighted by Gasteiger charge is -2.24. The Morgan fingerprint density at radius 3 is 2.43 bits per heavy atom. The van der Waals surface area contributed by atoms with Crippen molar-refractivity contribution in [3.8, 4) is 0 Å². The maximum absolute atomic E-state index is 12.1. The lowest BCUT2D eigenvalue weighted by molar-refractivity contribution is -0.520. The van der Waals surface area contributed by atoms with E-state index in [0.29, 0.717) is 6.54 Å². The predicted octanol–water partition coefficient (Wildman–Crippen LogP) is 2.67. The monoisotopic (exact) mass is 292 g/mol. The zero-order chi connectivity index (χ0) is 15.6. The third-order valence-corrected chi connectivity index (χ3v) is 3.44. The van der Waals surface area contributed by atoms with E-state index < -0.39 is 17.7 Å². The Balaban J connectivity index is 2.16. The van der Waals surface area contributed by atoms with E-state index in [9.17, 15) is 14.9 Å². The van der Waals surface area contributed by atoms with Crippen LogP contribution in [0.3, 0.4) is 0 Å². The molecule has 6 heteroatoms. The van der Waals surface area contributed by atoms with Gasteiger partial charge in [-0.25, -0.2) is 4.79 Å². The van der Waals surface area contributed by atoms with Crippen molar-refractivity contribution >= 4 is 6.09 Å². The van der Waals surface area contributed by atoms with Crippen LogP contribution in [0, 0.1) is 10.1 Å². The summed E-state index contributed by atoms with van der Waals surface area (Å²) in [5.41, 5.74) is 0.275. The number of rotatable bonds is 2. The minimum absolute atomic E-state index is 0.0848. The van der Waals surface area contributed by atoms with Crippen molar-refractivity contribution in [1.29, 1.82) is 0 Å². The quantitative estimate of drug-likeness (QED) is 0.620. The fourth-order valence-corrected chi connectivity index (χ4v) is 2.50. The highest BCUT2D eigenvalue weighted by molar-refractivity contribution is 5.69. The topological polar surface area (TPSA) is 72.7 Å². The molecule has 0 saturated carbocycles. The first-order chi connectivity index (χ1) is 9.78. The molecule has 0 bridgehead atoms. The Labute approximate surface area is 123 Å². The third kappa shape index (κ3) is 3.71. The number of ether oxygens (including phenoxy) is 1. The molecule has 1 fully saturated rings. The Morgan fingerprint density at radius 2 is 1.90 bits per heavy atom. The van der Waals surface area contributed by atoms with Crippen molar-refractivity contribution in [2.24, 2.45) is 0 Å². The van der Waals surface area contributed by atoms with Gasteiger partial charge in [0.05, 0.1) is 12.5 Å². The lowest BCUT2D eigenvalue weighted by Crippen LogP contribution is -2.36. The summed E-state index contributed by atoms with van der Waals surface area (Å²) in [5.74, 6) is -0.297. The first-order valence-electron chi connectivity index (χ1n) is 6.94. The van der Waals surface area contributed by atoms with Gasteiger partial charge in [0.1, 0.15) is 5.60 Å². The number of nitro groups is 1. The van der Waals surface area contributed by atoms with Crippen molar-refractivity contribution in [2.75, 3.05) is 13.1 Å². The van der Waals surface area contributed by atoms with Gasteiger partial charge >= 0.3 is 6.09 Å². The second kappa shape index (κ2) is 5.71. The molecule has 1 aromatic carbocycles. The molecule has 2 atom stereocenters. The highest BCUT2D eigenvalue weighted by Crippen LogP contribution is 2.30. The van der Waals surface area contributed by atoms with Gasteiger partial charge in [0.15, 0.2) is 0 Å². The zero-order valence-corrected chi connectivity index (χ0v) is 12.5. The summed E-state index contributed by atoms with van der Waals surface area (Å²) in [6, 6.07) is 8.50. The number of amides is 1. The molecule has 0 unspecified atom stereocenters. The van der Waals surface area contributed by atoms with Crippen molar-refractivity contribution in [2.45, 2.75) is 38.3 Å². The van der Waals surface area contributed by atoms with Crippen LogP contribution in [0.4, 0.5) is 4.79 Å². The molecule has 6 nitrogen and oxygen atoms in total. The number of benzene rings is 1. The molecule has 1 aliphatic rings. The summed E-state index contributed by atoms with van der Waals surface area (Å²) < 4.78 is 5.30. The van der Waals surface area contributed by atoms with Gasteiger partial charge in [-0.3, -0.25) is 10.1 Å². The number of hydrogen-bond donors (Lipinski definition) is 0. The molecular formula is C15H20N2O4. The molecule has 0 N–H and O–H groups in total. The minimum Gasteiger partial charge on any atom is -0.444 e. The van der Waals surface area contributed by atoms with Crippen LogP contribution in [0.15, 0.2) is 30.3 Å². The van der Waals surface area contributed by atoms with Crippen LogP contribution in [0.25, 0.3) is 0 Å². The van der Waals surface area contributed by atoms with Crippen molar-refractivity contribution in [3.63, 3.8) is 0 Å². The van der Waals surface area contributed by atoms with Crippen LogP contribution in [0.5, 0.6) is 0 Å². The maximum atomic E-state index is 12.1. The zero-order valence-electron chi connectivity index (χ0n) is 12.5. The van der Waals surface area contributed by atoms with E-state index in [0.717, 1.165) is 5.56 Å². The molecule has 1 saturated heterocycles. The number of likely N-dealkylation sites (tertiary alicyclic amines) is 1. The summed E-state index contributed by atoms with van der Waals surface area (Å²) >= 11 is 0. The standard InChI is InChI=1S/C15H20N2O4/c1-15(2,3)21-14(18)16-9-12(13(10-16)17(19)20)11-7-5-4-6-8-11/h4-8,12-13H,9-10H2,1-3H3/t12-,13+/m0/s1. The molecule has 0 spiro atoms. The fraction of sp³-hybridized carbons (Fsp3) is 0.533. The molecule has 1 aliphatic heterocycles. The van der Waals surface area contributed by atoms with E-state index in [-0.39, 0.29) is 17.4 Å². The highest BCUT2D eigenvalue weighted by atomic mass is 16.6. The second-order valence-corrected chi connectivity index (χ2v) is 6.26. The Bertz CT molecular complexity index is 524. The number of hydrogen-bond acceptors (Lipinski definition) is 4. The summed E-state index contributed by atoms with van der Waals surface area (Å²) in [7, 11) is 0. The van der Waals surface area contributed by atoms with Crippen LogP contribution in [0.2, 0.25) is 0 Å². The first kappa shape index (κ1) is 15.3. The van der Waals surface area contributed by atoms with Crippen LogP contribution >= 0.6 is 0 Å². The summed E-state index contributed by atoms with van der Waals surface area (Å²) in [6.45, 7) is 5.73. The van der Waals surface area contributed by atoms with Gasteiger partial charge in [-0.15, -0.1) is 0 Å². The van der Waals surface area contributed by atoms with Crippen molar-refractivity contribution in [1.82, 2.24) is 4.90 Å². The average Bonchev–Trinajstić information content (AvgIpc) is 2.83. The molecular weight excluding hydrogens is 272 g/mol. The van der Waals surface area contributed by atoms with E-state index in [4.69, 9.17) is 4.74 Å². The Morgan fingerprint density at radius 1 is 1.29 bits per heavy atom. The molecule has 114 valence electrons. The molecule has 1 amide bonds. The van der Waals surface area contributed by atoms with Crippen molar-refractivity contribution in [3.05, 3.63) is 46.0 Å². The normalized spacial score (nSPS) is 22.1. The predicted molar refractivity (Wildman–Crippen MR) is 77.8 cm³/mol. The molecule has 0 aromatic heterocycles. The highest BCUT2D eigenvalue weighted by Gasteiger charge is 2.44. The summed E-state index contributed by atoms with van der Waals surface area (Å²) in [4.78, 5) is 24.5. The van der Waals surface area contributed by atoms with Gasteiger partial charge < -0.3 is 9.64 Å². The molecule has 1 aromatic rings. The van der Waals surface area contributed by atoms with E-state index in [1.807, 2.05) is 30.3 Å². The second-order valence-electron chi connectivity index (χ2n) is 6.26. The van der Waals surface area contributed by atoms with Gasteiger partial charge in [-0.05, 0) is 26.3 Å². The third-order valence-electron chi connectivity index (χ3n) is 3.44. The molecule has 0 aliphatic carbocycles. The van der Waals surface area contributed by atoms with Gasteiger partial charge in [-0.1, -0.05) is 30.3 Å². The van der Waals surface area contributed by atoms with Gasteiger partial charge in [0.25, 0.3) is 0 Å². The SMILES string of the molecule is CC(C)(C)OC(=O)N1C[C@@H]([N+](=O)[O-])[C@H](c2ccccc2)C1. The maximum Gasteiger partial charge on any atom is 0.410 e. The van der Waals surface area contributed by atoms with E-state index >= 15 is 0 Å². The van der Waals surface area contributed by atoms with Gasteiger partial charge in [-0.2, -0.15) is 0 Å². The molecule has 21 heavy (non-hydrogen) atoms.